The first kappa shape index (κ1) is 12.2. The molecular weight excluding hydrogens is 226 g/mol. The number of ether oxygens (including phenoxy) is 1. The van der Waals surface area contributed by atoms with Crippen molar-refractivity contribution < 1.29 is 9.53 Å². The van der Waals surface area contributed by atoms with Gasteiger partial charge in [-0.05, 0) is 29.9 Å². The van der Waals surface area contributed by atoms with Crippen LogP contribution in [0, 0.1) is 0 Å². The number of rotatable bonds is 2. The molecule has 0 spiro atoms. The van der Waals surface area contributed by atoms with Crippen molar-refractivity contribution in [1.82, 2.24) is 4.90 Å². The van der Waals surface area contributed by atoms with Gasteiger partial charge < -0.3 is 9.64 Å². The molecule has 2 rings (SSSR count). The zero-order valence-electron chi connectivity index (χ0n) is 10.5. The number of methoxy groups -OCH3 is 1. The average molecular weight is 241 g/mol. The molecule has 0 amide bonds. The van der Waals surface area contributed by atoms with Crippen molar-refractivity contribution >= 4 is 5.78 Å². The topological polar surface area (TPSA) is 29.5 Å². The van der Waals surface area contributed by atoms with Crippen molar-refractivity contribution in [3.05, 3.63) is 71.8 Å². The number of carbonyl (C=O) groups is 1. The van der Waals surface area contributed by atoms with Gasteiger partial charge in [0.2, 0.25) is 0 Å². The van der Waals surface area contributed by atoms with E-state index in [1.54, 1.807) is 19.3 Å². The van der Waals surface area contributed by atoms with Gasteiger partial charge >= 0.3 is 0 Å². The number of carbonyl (C=O) groups excluding carboxylic acids is 1. The molecule has 2 aliphatic rings. The first-order valence-corrected chi connectivity index (χ1v) is 5.67. The second-order valence-electron chi connectivity index (χ2n) is 4.03. The van der Waals surface area contributed by atoms with E-state index < -0.39 is 0 Å². The molecule has 0 saturated carbocycles. The summed E-state index contributed by atoms with van der Waals surface area (Å²) < 4.78 is 5.00. The van der Waals surface area contributed by atoms with Crippen LogP contribution in [0.1, 0.15) is 0 Å². The molecule has 18 heavy (non-hydrogen) atoms. The SMILES string of the molecule is COC1=CC(=O)/C(=C/C=C2C=CN(C)C=C2)C=C1. The minimum atomic E-state index is -0.0351. The molecule has 0 bridgehead atoms. The maximum Gasteiger partial charge on any atom is 0.189 e. The predicted octanol–water partition coefficient (Wildman–Crippen LogP) is 2.48. The quantitative estimate of drug-likeness (QED) is 0.696. The lowest BCUT2D eigenvalue weighted by Crippen LogP contribution is -2.04. The molecule has 0 unspecified atom stereocenters. The van der Waals surface area contributed by atoms with Gasteiger partial charge in [0.15, 0.2) is 5.78 Å². The van der Waals surface area contributed by atoms with E-state index in [0.29, 0.717) is 11.3 Å². The van der Waals surface area contributed by atoms with Crippen LogP contribution in [0.3, 0.4) is 0 Å². The van der Waals surface area contributed by atoms with Gasteiger partial charge in [0.05, 0.1) is 7.11 Å². The third kappa shape index (κ3) is 2.88. The van der Waals surface area contributed by atoms with Crippen LogP contribution in [0.15, 0.2) is 71.8 Å². The predicted molar refractivity (Wildman–Crippen MR) is 71.4 cm³/mol. The van der Waals surface area contributed by atoms with E-state index in [1.165, 1.54) is 6.08 Å². The van der Waals surface area contributed by atoms with Crippen molar-refractivity contribution in [2.75, 3.05) is 14.2 Å². The van der Waals surface area contributed by atoms with Crippen LogP contribution >= 0.6 is 0 Å². The van der Waals surface area contributed by atoms with Crippen LogP contribution in [0.2, 0.25) is 0 Å². The summed E-state index contributed by atoms with van der Waals surface area (Å²) in [5, 5.41) is 0. The van der Waals surface area contributed by atoms with E-state index in [0.717, 1.165) is 5.57 Å². The number of allylic oxidation sites excluding steroid dienone is 9. The number of hydrogen-bond acceptors (Lipinski definition) is 3. The third-order valence-corrected chi connectivity index (χ3v) is 2.68. The van der Waals surface area contributed by atoms with Gasteiger partial charge in [0.25, 0.3) is 0 Å². The molecule has 0 aromatic rings. The second kappa shape index (κ2) is 5.36. The highest BCUT2D eigenvalue weighted by Crippen LogP contribution is 2.14. The summed E-state index contributed by atoms with van der Waals surface area (Å²) in [5.41, 5.74) is 1.72. The van der Waals surface area contributed by atoms with Gasteiger partial charge in [0.1, 0.15) is 5.76 Å². The molecule has 1 heterocycles. The molecule has 1 aliphatic heterocycles. The molecule has 0 fully saturated rings. The minimum Gasteiger partial charge on any atom is -0.497 e. The zero-order valence-corrected chi connectivity index (χ0v) is 10.5. The molecule has 3 nitrogen and oxygen atoms in total. The Morgan fingerprint density at radius 3 is 2.44 bits per heavy atom. The van der Waals surface area contributed by atoms with Gasteiger partial charge in [-0.1, -0.05) is 12.2 Å². The lowest BCUT2D eigenvalue weighted by atomic mass is 10.0. The van der Waals surface area contributed by atoms with Crippen LogP contribution < -0.4 is 0 Å². The van der Waals surface area contributed by atoms with E-state index in [4.69, 9.17) is 4.74 Å². The van der Waals surface area contributed by atoms with E-state index in [1.807, 2.05) is 48.7 Å². The Morgan fingerprint density at radius 2 is 1.83 bits per heavy atom. The smallest absolute Gasteiger partial charge is 0.189 e. The van der Waals surface area contributed by atoms with Gasteiger partial charge in [-0.2, -0.15) is 0 Å². The van der Waals surface area contributed by atoms with Crippen LogP contribution in [-0.4, -0.2) is 24.8 Å². The Bertz CT molecular complexity index is 515. The molecule has 0 aromatic heterocycles. The summed E-state index contributed by atoms with van der Waals surface area (Å²) in [4.78, 5) is 13.7. The summed E-state index contributed by atoms with van der Waals surface area (Å²) in [6.45, 7) is 0. The van der Waals surface area contributed by atoms with Crippen LogP contribution in [-0.2, 0) is 9.53 Å². The Balaban J connectivity index is 2.13. The monoisotopic (exact) mass is 241 g/mol. The van der Waals surface area contributed by atoms with Gasteiger partial charge in [-0.3, -0.25) is 4.79 Å². The summed E-state index contributed by atoms with van der Waals surface area (Å²) in [6.07, 6.45) is 16.7. The number of ketones is 1. The fourth-order valence-electron chi connectivity index (χ4n) is 1.59. The number of nitrogens with zero attached hydrogens (tertiary/aromatic N) is 1. The molecule has 0 aromatic carbocycles. The van der Waals surface area contributed by atoms with Crippen LogP contribution in [0.4, 0.5) is 0 Å². The highest BCUT2D eigenvalue weighted by molar-refractivity contribution is 6.08. The largest absolute Gasteiger partial charge is 0.497 e. The molecule has 0 atom stereocenters. The van der Waals surface area contributed by atoms with Gasteiger partial charge in [-0.15, -0.1) is 0 Å². The fraction of sp³-hybridized carbons (Fsp3) is 0.133. The van der Waals surface area contributed by atoms with Crippen LogP contribution in [0.25, 0.3) is 0 Å². The van der Waals surface area contributed by atoms with Crippen molar-refractivity contribution in [1.29, 1.82) is 0 Å². The summed E-state index contributed by atoms with van der Waals surface area (Å²) in [7, 11) is 3.51. The normalized spacial score (nSPS) is 20.4. The van der Waals surface area contributed by atoms with Gasteiger partial charge in [-0.25, -0.2) is 0 Å². The summed E-state index contributed by atoms with van der Waals surface area (Å²) in [6, 6.07) is 0. The first-order chi connectivity index (χ1) is 8.69. The molecule has 0 N–H and O–H groups in total. The highest BCUT2D eigenvalue weighted by Gasteiger charge is 2.09. The minimum absolute atomic E-state index is 0.0351. The van der Waals surface area contributed by atoms with Crippen molar-refractivity contribution in [2.24, 2.45) is 0 Å². The average Bonchev–Trinajstić information content (AvgIpc) is 2.39. The van der Waals surface area contributed by atoms with E-state index in [-0.39, 0.29) is 5.78 Å². The lowest BCUT2D eigenvalue weighted by Gasteiger charge is -2.11. The summed E-state index contributed by atoms with van der Waals surface area (Å²) in [5.74, 6) is 0.552. The molecule has 3 heteroatoms. The number of hydrogen-bond donors (Lipinski definition) is 0. The highest BCUT2D eigenvalue weighted by atomic mass is 16.5. The third-order valence-electron chi connectivity index (χ3n) is 2.68. The maximum absolute atomic E-state index is 11.7. The Kier molecular flexibility index (Phi) is 3.63. The Morgan fingerprint density at radius 1 is 1.11 bits per heavy atom. The maximum atomic E-state index is 11.7. The van der Waals surface area contributed by atoms with E-state index in [2.05, 4.69) is 0 Å². The first-order valence-electron chi connectivity index (χ1n) is 5.67. The standard InChI is InChI=1S/C15H15NO2/c1-16-9-7-12(8-10-16)3-4-13-5-6-14(18-2)11-15(13)17/h3-11H,1-2H3/b13-4+. The molecule has 0 radical (unpaired) electrons. The molecule has 1 aliphatic carbocycles. The van der Waals surface area contributed by atoms with E-state index >= 15 is 0 Å². The van der Waals surface area contributed by atoms with E-state index in [9.17, 15) is 4.79 Å². The fourth-order valence-corrected chi connectivity index (χ4v) is 1.59. The molecular formula is C15H15NO2. The molecule has 92 valence electrons. The van der Waals surface area contributed by atoms with Crippen molar-refractivity contribution in [3.8, 4) is 0 Å². The van der Waals surface area contributed by atoms with Crippen molar-refractivity contribution in [2.45, 2.75) is 0 Å². The second-order valence-corrected chi connectivity index (χ2v) is 4.03. The Hall–Kier alpha value is -2.29. The van der Waals surface area contributed by atoms with Crippen molar-refractivity contribution in [3.63, 3.8) is 0 Å². The summed E-state index contributed by atoms with van der Waals surface area (Å²) >= 11 is 0. The lowest BCUT2D eigenvalue weighted by molar-refractivity contribution is -0.111. The zero-order chi connectivity index (χ0) is 13.0. The molecule has 0 saturated heterocycles. The Labute approximate surface area is 107 Å². The van der Waals surface area contributed by atoms with Crippen LogP contribution in [0.5, 0.6) is 0 Å². The van der Waals surface area contributed by atoms with Gasteiger partial charge in [0, 0.05) is 31.1 Å².